The van der Waals surface area contributed by atoms with Gasteiger partial charge < -0.3 is 23.1 Å². The van der Waals surface area contributed by atoms with Crippen molar-refractivity contribution >= 4 is 13.2 Å². The van der Waals surface area contributed by atoms with E-state index in [0.717, 1.165) is 5.82 Å². The Morgan fingerprint density at radius 1 is 1.44 bits per heavy atom. The monoisotopic (exact) mass is 195 g/mol. The molecule has 1 rings (SSSR count). The molecule has 1 radical (unpaired) electrons. The van der Waals surface area contributed by atoms with Gasteiger partial charge in [0.1, 0.15) is 0 Å². The SMILES string of the molecule is [CH-]=c1nc(C)[nH]c1=[CH-].[Y]. The molecule has 0 bridgehead atoms. The molecule has 1 heterocycles. The normalized spacial score (nSPS) is 8.56. The number of aromatic amines is 1. The van der Waals surface area contributed by atoms with Crippen molar-refractivity contribution in [1.82, 2.24) is 9.97 Å². The first kappa shape index (κ1) is 9.05. The van der Waals surface area contributed by atoms with Crippen LogP contribution in [0.15, 0.2) is 0 Å². The van der Waals surface area contributed by atoms with Gasteiger partial charge in [-0.25, -0.2) is 5.35 Å². The molecule has 0 unspecified atom stereocenters. The smallest absolute Gasteiger partial charge is 0.0625 e. The number of nitrogens with zero attached hydrogens (tertiary/aromatic N) is 1. The molecular formula is C6H6N2Y-2. The van der Waals surface area contributed by atoms with Crippen LogP contribution in [0.2, 0.25) is 0 Å². The molecule has 9 heavy (non-hydrogen) atoms. The third-order valence-corrected chi connectivity index (χ3v) is 0.880. The second-order valence-electron chi connectivity index (χ2n) is 1.62. The van der Waals surface area contributed by atoms with Crippen LogP contribution >= 0.6 is 0 Å². The van der Waals surface area contributed by atoms with E-state index in [1.54, 1.807) is 6.92 Å². The predicted octanol–water partition coefficient (Wildman–Crippen LogP) is -0.710. The zero-order chi connectivity index (χ0) is 6.15. The van der Waals surface area contributed by atoms with Crippen molar-refractivity contribution in [2.75, 3.05) is 0 Å². The van der Waals surface area contributed by atoms with Gasteiger partial charge in [0.05, 0.1) is 5.82 Å². The summed E-state index contributed by atoms with van der Waals surface area (Å²) in [5.41, 5.74) is 0. The summed E-state index contributed by atoms with van der Waals surface area (Å²) >= 11 is 0. The average molecular weight is 195 g/mol. The van der Waals surface area contributed by atoms with Crippen molar-refractivity contribution in [2.45, 2.75) is 6.92 Å². The van der Waals surface area contributed by atoms with Crippen LogP contribution in [0.25, 0.3) is 13.2 Å². The summed E-state index contributed by atoms with van der Waals surface area (Å²) in [6.07, 6.45) is 0. The summed E-state index contributed by atoms with van der Waals surface area (Å²) < 4.78 is 0. The number of imidazole rings is 1. The van der Waals surface area contributed by atoms with Crippen LogP contribution in [0.3, 0.4) is 0 Å². The van der Waals surface area contributed by atoms with E-state index in [0.29, 0.717) is 10.7 Å². The van der Waals surface area contributed by atoms with E-state index in [1.165, 1.54) is 0 Å². The summed E-state index contributed by atoms with van der Waals surface area (Å²) in [4.78, 5) is 6.56. The van der Waals surface area contributed by atoms with E-state index in [-0.39, 0.29) is 32.7 Å². The molecule has 0 aliphatic rings. The molecule has 0 aliphatic carbocycles. The van der Waals surface area contributed by atoms with Gasteiger partial charge in [-0.15, -0.1) is 0 Å². The fraction of sp³-hybridized carbons (Fsp3) is 0.167. The fourth-order valence-corrected chi connectivity index (χ4v) is 0.528. The van der Waals surface area contributed by atoms with Gasteiger partial charge in [-0.3, -0.25) is 5.35 Å². The van der Waals surface area contributed by atoms with Crippen LogP contribution in [0.1, 0.15) is 5.82 Å². The summed E-state index contributed by atoms with van der Waals surface area (Å²) in [6, 6.07) is 0. The van der Waals surface area contributed by atoms with E-state index in [2.05, 4.69) is 9.97 Å². The van der Waals surface area contributed by atoms with E-state index >= 15 is 0 Å². The van der Waals surface area contributed by atoms with Gasteiger partial charge in [-0.2, -0.15) is 0 Å². The Kier molecular flexibility index (Phi) is 3.30. The third kappa shape index (κ3) is 2.03. The molecule has 2 nitrogen and oxygen atoms in total. The summed E-state index contributed by atoms with van der Waals surface area (Å²) in [5.74, 6) is 0.750. The predicted molar refractivity (Wildman–Crippen MR) is 31.5 cm³/mol. The quantitative estimate of drug-likeness (QED) is 0.544. The molecule has 3 heteroatoms. The minimum Gasteiger partial charge on any atom is -0.457 e. The number of H-pyrrole nitrogens is 1. The zero-order valence-corrected chi connectivity index (χ0v) is 8.02. The van der Waals surface area contributed by atoms with E-state index < -0.39 is 0 Å². The Bertz CT molecular complexity index is 248. The zero-order valence-electron chi connectivity index (χ0n) is 5.18. The van der Waals surface area contributed by atoms with Crippen LogP contribution in [0.4, 0.5) is 0 Å². The Balaban J connectivity index is 0.000000640. The number of hydrogen-bond donors (Lipinski definition) is 1. The number of hydrogen-bond acceptors (Lipinski definition) is 1. The van der Waals surface area contributed by atoms with Crippen molar-refractivity contribution in [1.29, 1.82) is 0 Å². The number of rotatable bonds is 0. The molecule has 45 valence electrons. The molecule has 0 atom stereocenters. The van der Waals surface area contributed by atoms with Gasteiger partial charge in [0.15, 0.2) is 0 Å². The van der Waals surface area contributed by atoms with Gasteiger partial charge in [-0.05, 0) is 6.92 Å². The van der Waals surface area contributed by atoms with E-state index in [9.17, 15) is 0 Å². The van der Waals surface area contributed by atoms with Crippen LogP contribution in [-0.4, -0.2) is 9.97 Å². The molecule has 1 aromatic heterocycles. The minimum absolute atomic E-state index is 0. The second-order valence-corrected chi connectivity index (χ2v) is 1.62. The molecule has 0 aromatic carbocycles. The number of nitrogens with one attached hydrogen (secondary N) is 1. The minimum atomic E-state index is 0. The maximum atomic E-state index is 5.30. The summed E-state index contributed by atoms with van der Waals surface area (Å²) in [6.45, 7) is 12.4. The first-order valence-electron chi connectivity index (χ1n) is 2.27. The molecule has 1 N–H and O–H groups in total. The van der Waals surface area contributed by atoms with Gasteiger partial charge in [0.2, 0.25) is 0 Å². The van der Waals surface area contributed by atoms with Crippen LogP contribution in [0, 0.1) is 6.92 Å². The van der Waals surface area contributed by atoms with Gasteiger partial charge in [-0.1, -0.05) is 0 Å². The molecule has 1 aromatic rings. The maximum Gasteiger partial charge on any atom is 0.0625 e. The van der Waals surface area contributed by atoms with Gasteiger partial charge in [0.25, 0.3) is 0 Å². The molecule has 0 fully saturated rings. The molecular weight excluding hydrogens is 189 g/mol. The van der Waals surface area contributed by atoms with E-state index in [1.807, 2.05) is 0 Å². The van der Waals surface area contributed by atoms with Crippen molar-refractivity contribution in [3.8, 4) is 0 Å². The fourth-order valence-electron chi connectivity index (χ4n) is 0.528. The number of aryl methyl sites for hydroxylation is 1. The van der Waals surface area contributed by atoms with Gasteiger partial charge >= 0.3 is 0 Å². The Hall–Kier alpha value is 0.0539. The van der Waals surface area contributed by atoms with Crippen LogP contribution in [-0.2, 0) is 32.7 Å². The first-order chi connectivity index (χ1) is 3.70. The Morgan fingerprint density at radius 3 is 2.11 bits per heavy atom. The van der Waals surface area contributed by atoms with Crippen molar-refractivity contribution in [3.63, 3.8) is 0 Å². The van der Waals surface area contributed by atoms with Crippen LogP contribution < -0.4 is 10.7 Å². The summed E-state index contributed by atoms with van der Waals surface area (Å²) in [7, 11) is 0. The standard InChI is InChI=1S/C6H6N2.Y/c1-4-5(2)8-6(3)7-4;/h1-2H,3H3,(H,7,8);/q-2;. The molecule has 0 amide bonds. The van der Waals surface area contributed by atoms with Crippen molar-refractivity contribution in [3.05, 3.63) is 16.5 Å². The average Bonchev–Trinajstić information content (AvgIpc) is 1.85. The van der Waals surface area contributed by atoms with Gasteiger partial charge in [0, 0.05) is 32.7 Å². The maximum absolute atomic E-state index is 5.30. The molecule has 0 saturated heterocycles. The third-order valence-electron chi connectivity index (χ3n) is 0.880. The molecule has 0 saturated carbocycles. The largest absolute Gasteiger partial charge is 0.457 e. The molecule has 0 aliphatic heterocycles. The summed E-state index contributed by atoms with van der Waals surface area (Å²) in [5, 5.41) is 0.824. The first-order valence-corrected chi connectivity index (χ1v) is 2.27. The second kappa shape index (κ2) is 3.28. The topological polar surface area (TPSA) is 28.7 Å². The van der Waals surface area contributed by atoms with Crippen LogP contribution in [0.5, 0.6) is 0 Å². The van der Waals surface area contributed by atoms with Crippen molar-refractivity contribution < 1.29 is 32.7 Å². The van der Waals surface area contributed by atoms with Crippen molar-refractivity contribution in [2.24, 2.45) is 0 Å². The Labute approximate surface area is 79.0 Å². The number of aromatic nitrogens is 2. The van der Waals surface area contributed by atoms with E-state index in [4.69, 9.17) is 13.2 Å². The Morgan fingerprint density at radius 2 is 2.00 bits per heavy atom. The molecule has 0 spiro atoms.